The average molecular weight is 600 g/mol. The number of amides is 1. The minimum Gasteiger partial charge on any atom is -0.507 e. The standard InChI is InChI=1S/C32H29N3O5S2/c1-3-14-39-24-11-7-10-21(17-24)27-26(28(36)22-12-13-25-23(16-22)15-19(2)40-25)29(37)30(38)35(27)31-33-34-32(42-31)41-18-20-8-5-4-6-9-20/h4-13,16-17,19,27,36H,3,14-15,18H2,1-2H3/b28-26+/t19-,27+/m0/s1. The van der Waals surface area contributed by atoms with Crippen molar-refractivity contribution < 1.29 is 24.2 Å². The fourth-order valence-electron chi connectivity index (χ4n) is 5.14. The van der Waals surface area contributed by atoms with Gasteiger partial charge in [-0.15, -0.1) is 10.2 Å². The average Bonchev–Trinajstić information content (AvgIpc) is 3.70. The number of aromatic nitrogens is 2. The Morgan fingerprint density at radius 1 is 1.10 bits per heavy atom. The number of ketones is 1. The molecule has 2 aliphatic heterocycles. The zero-order chi connectivity index (χ0) is 29.2. The predicted molar refractivity (Wildman–Crippen MR) is 163 cm³/mol. The molecule has 6 rings (SSSR count). The van der Waals surface area contributed by atoms with Crippen LogP contribution in [0.25, 0.3) is 5.76 Å². The molecule has 1 saturated heterocycles. The minimum atomic E-state index is -0.918. The van der Waals surface area contributed by atoms with Crippen LogP contribution in [0.2, 0.25) is 0 Å². The van der Waals surface area contributed by atoms with Gasteiger partial charge >= 0.3 is 5.91 Å². The summed E-state index contributed by atoms with van der Waals surface area (Å²) in [5.41, 5.74) is 3.14. The van der Waals surface area contributed by atoms with Crippen LogP contribution in [0.5, 0.6) is 11.5 Å². The second-order valence-electron chi connectivity index (χ2n) is 10.2. The van der Waals surface area contributed by atoms with Crippen molar-refractivity contribution in [1.29, 1.82) is 0 Å². The second kappa shape index (κ2) is 12.0. The van der Waals surface area contributed by atoms with E-state index in [1.54, 1.807) is 18.2 Å². The molecule has 8 nitrogen and oxygen atoms in total. The molecule has 0 unspecified atom stereocenters. The Kier molecular flexibility index (Phi) is 7.99. The number of carbonyl (C=O) groups excluding carboxylic acids is 2. The topological polar surface area (TPSA) is 102 Å². The lowest BCUT2D eigenvalue weighted by molar-refractivity contribution is -0.132. The van der Waals surface area contributed by atoms with E-state index in [9.17, 15) is 14.7 Å². The molecule has 2 aliphatic rings. The highest BCUT2D eigenvalue weighted by atomic mass is 32.2. The highest BCUT2D eigenvalue weighted by Crippen LogP contribution is 2.45. The van der Waals surface area contributed by atoms with E-state index in [2.05, 4.69) is 10.2 Å². The second-order valence-corrected chi connectivity index (χ2v) is 12.3. The SMILES string of the molecule is CCCOc1cccc([C@@H]2/C(=C(\O)c3ccc4c(c3)C[C@H](C)O4)C(=O)C(=O)N2c2nnc(SCc3ccccc3)s2)c1. The van der Waals surface area contributed by atoms with Crippen LogP contribution in [0.15, 0.2) is 82.7 Å². The molecule has 4 aromatic rings. The van der Waals surface area contributed by atoms with Crippen LogP contribution in [-0.4, -0.2) is 39.7 Å². The fourth-order valence-corrected chi connectivity index (χ4v) is 6.97. The fraction of sp³-hybridized carbons (Fsp3) is 0.250. The number of rotatable bonds is 9. The maximum Gasteiger partial charge on any atom is 0.301 e. The van der Waals surface area contributed by atoms with Crippen molar-refractivity contribution in [3.63, 3.8) is 0 Å². The van der Waals surface area contributed by atoms with E-state index in [1.165, 1.54) is 28.0 Å². The zero-order valence-corrected chi connectivity index (χ0v) is 24.8. The maximum absolute atomic E-state index is 13.6. The van der Waals surface area contributed by atoms with Gasteiger partial charge in [0, 0.05) is 17.7 Å². The number of thioether (sulfide) groups is 1. The Labute approximate surface area is 252 Å². The number of hydrogen-bond donors (Lipinski definition) is 1. The third-order valence-corrected chi connectivity index (χ3v) is 9.19. The molecule has 3 aromatic carbocycles. The summed E-state index contributed by atoms with van der Waals surface area (Å²) in [7, 11) is 0. The van der Waals surface area contributed by atoms with E-state index in [0.717, 1.165) is 23.3 Å². The van der Waals surface area contributed by atoms with Gasteiger partial charge in [-0.2, -0.15) is 0 Å². The van der Waals surface area contributed by atoms with E-state index in [4.69, 9.17) is 9.47 Å². The van der Waals surface area contributed by atoms with Crippen LogP contribution < -0.4 is 14.4 Å². The summed E-state index contributed by atoms with van der Waals surface area (Å²) in [6.45, 7) is 4.52. The molecule has 1 N–H and O–H groups in total. The van der Waals surface area contributed by atoms with Crippen LogP contribution >= 0.6 is 23.1 Å². The largest absolute Gasteiger partial charge is 0.507 e. The molecule has 3 heterocycles. The zero-order valence-electron chi connectivity index (χ0n) is 23.1. The molecule has 1 fully saturated rings. The first-order chi connectivity index (χ1) is 20.4. The number of anilines is 1. The summed E-state index contributed by atoms with van der Waals surface area (Å²) in [5.74, 6) is 0.263. The van der Waals surface area contributed by atoms with Crippen LogP contribution in [0.1, 0.15) is 48.6 Å². The number of Topliss-reactive ketones (excluding diaryl/α,β-unsaturated/α-hetero) is 1. The summed E-state index contributed by atoms with van der Waals surface area (Å²) in [6.07, 6.45) is 1.55. The molecular formula is C32H29N3O5S2. The van der Waals surface area contributed by atoms with Gasteiger partial charge in [-0.3, -0.25) is 14.5 Å². The first-order valence-electron chi connectivity index (χ1n) is 13.8. The Balaban J connectivity index is 1.40. The molecule has 0 saturated carbocycles. The summed E-state index contributed by atoms with van der Waals surface area (Å²) in [5, 5.41) is 20.5. The van der Waals surface area contributed by atoms with Gasteiger partial charge in [0.05, 0.1) is 18.2 Å². The number of nitrogens with zero attached hydrogens (tertiary/aromatic N) is 3. The number of aliphatic hydroxyl groups is 1. The van der Waals surface area contributed by atoms with Crippen LogP contribution in [0, 0.1) is 0 Å². The summed E-state index contributed by atoms with van der Waals surface area (Å²) in [4.78, 5) is 28.6. The molecule has 1 amide bonds. The lowest BCUT2D eigenvalue weighted by Gasteiger charge is -2.23. The third-order valence-electron chi connectivity index (χ3n) is 7.07. The van der Waals surface area contributed by atoms with Gasteiger partial charge in [-0.25, -0.2) is 0 Å². The number of ether oxygens (including phenoxy) is 2. The van der Waals surface area contributed by atoms with Gasteiger partial charge in [0.15, 0.2) is 4.34 Å². The number of hydrogen-bond acceptors (Lipinski definition) is 9. The smallest absolute Gasteiger partial charge is 0.301 e. The number of fused-ring (bicyclic) bond motifs is 1. The van der Waals surface area contributed by atoms with E-state index in [0.29, 0.717) is 40.0 Å². The van der Waals surface area contributed by atoms with Gasteiger partial charge in [0.1, 0.15) is 23.4 Å². The van der Waals surface area contributed by atoms with Crippen LogP contribution in [0.4, 0.5) is 5.13 Å². The molecule has 214 valence electrons. The highest BCUT2D eigenvalue weighted by molar-refractivity contribution is 8.00. The third kappa shape index (κ3) is 5.52. The number of aliphatic hydroxyl groups excluding tert-OH is 1. The molecule has 0 spiro atoms. The molecule has 0 bridgehead atoms. The lowest BCUT2D eigenvalue weighted by atomic mass is 9.94. The Morgan fingerprint density at radius 3 is 2.74 bits per heavy atom. The van der Waals surface area contributed by atoms with Crippen molar-refractivity contribution in [2.24, 2.45) is 0 Å². The van der Waals surface area contributed by atoms with E-state index >= 15 is 0 Å². The number of carbonyl (C=O) groups is 2. The van der Waals surface area contributed by atoms with E-state index in [-0.39, 0.29) is 22.6 Å². The highest BCUT2D eigenvalue weighted by Gasteiger charge is 2.48. The normalized spacial score (nSPS) is 19.1. The monoisotopic (exact) mass is 599 g/mol. The van der Waals surface area contributed by atoms with Gasteiger partial charge in [-0.1, -0.05) is 72.5 Å². The molecule has 2 atom stereocenters. The molecule has 0 radical (unpaired) electrons. The molecule has 1 aromatic heterocycles. The number of benzene rings is 3. The van der Waals surface area contributed by atoms with Gasteiger partial charge in [0.25, 0.3) is 5.78 Å². The summed E-state index contributed by atoms with van der Waals surface area (Å²) in [6, 6.07) is 21.7. The van der Waals surface area contributed by atoms with Crippen molar-refractivity contribution in [3.05, 3.63) is 101 Å². The minimum absolute atomic E-state index is 0.00626. The summed E-state index contributed by atoms with van der Waals surface area (Å²) >= 11 is 2.75. The van der Waals surface area contributed by atoms with Crippen molar-refractivity contribution in [3.8, 4) is 11.5 Å². The Hall–Kier alpha value is -4.15. The Bertz CT molecular complexity index is 1670. The predicted octanol–water partition coefficient (Wildman–Crippen LogP) is 6.57. The van der Waals surface area contributed by atoms with Crippen molar-refractivity contribution in [2.45, 2.75) is 48.9 Å². The van der Waals surface area contributed by atoms with Crippen molar-refractivity contribution in [1.82, 2.24) is 10.2 Å². The first kappa shape index (κ1) is 28.0. The van der Waals surface area contributed by atoms with Gasteiger partial charge in [-0.05, 0) is 60.4 Å². The quantitative estimate of drug-likeness (QED) is 0.0758. The van der Waals surface area contributed by atoms with E-state index in [1.807, 2.05) is 68.4 Å². The molecule has 42 heavy (non-hydrogen) atoms. The van der Waals surface area contributed by atoms with E-state index < -0.39 is 17.7 Å². The van der Waals surface area contributed by atoms with Gasteiger partial charge < -0.3 is 14.6 Å². The van der Waals surface area contributed by atoms with Crippen LogP contribution in [0.3, 0.4) is 0 Å². The van der Waals surface area contributed by atoms with Crippen molar-refractivity contribution in [2.75, 3.05) is 11.5 Å². The molecule has 10 heteroatoms. The first-order valence-corrected chi connectivity index (χ1v) is 15.6. The lowest BCUT2D eigenvalue weighted by Crippen LogP contribution is -2.29. The van der Waals surface area contributed by atoms with Gasteiger partial charge in [0.2, 0.25) is 5.13 Å². The summed E-state index contributed by atoms with van der Waals surface area (Å²) < 4.78 is 12.3. The van der Waals surface area contributed by atoms with Crippen molar-refractivity contribution >= 4 is 45.7 Å². The molecular weight excluding hydrogens is 571 g/mol. The Morgan fingerprint density at radius 2 is 1.93 bits per heavy atom. The maximum atomic E-state index is 13.6. The molecule has 0 aliphatic carbocycles. The van der Waals surface area contributed by atoms with Crippen LogP contribution in [-0.2, 0) is 21.8 Å².